The SMILES string of the molecule is CCCc1cc(C(O)(CC)CC)ccc1-c1cc(Nc2ccc(CO)c(CO)c2)ccc1C. The van der Waals surface area contributed by atoms with E-state index in [-0.39, 0.29) is 13.2 Å². The summed E-state index contributed by atoms with van der Waals surface area (Å²) < 4.78 is 0. The van der Waals surface area contributed by atoms with Gasteiger partial charge in [0.1, 0.15) is 0 Å². The molecule has 0 radical (unpaired) electrons. The number of aryl methyl sites for hydroxylation is 2. The smallest absolute Gasteiger partial charge is 0.0891 e. The van der Waals surface area contributed by atoms with Crippen molar-refractivity contribution < 1.29 is 15.3 Å². The van der Waals surface area contributed by atoms with Gasteiger partial charge in [-0.15, -0.1) is 0 Å². The molecule has 33 heavy (non-hydrogen) atoms. The van der Waals surface area contributed by atoms with Crippen LogP contribution >= 0.6 is 0 Å². The normalized spacial score (nSPS) is 11.6. The van der Waals surface area contributed by atoms with Gasteiger partial charge >= 0.3 is 0 Å². The minimum absolute atomic E-state index is 0.0910. The van der Waals surface area contributed by atoms with Crippen LogP contribution in [0.3, 0.4) is 0 Å². The number of aliphatic hydroxyl groups excluding tert-OH is 2. The van der Waals surface area contributed by atoms with Crippen molar-refractivity contribution in [3.05, 3.63) is 82.4 Å². The van der Waals surface area contributed by atoms with Gasteiger partial charge in [-0.3, -0.25) is 0 Å². The number of aliphatic hydroxyl groups is 3. The number of rotatable bonds is 10. The molecule has 4 nitrogen and oxygen atoms in total. The zero-order valence-electron chi connectivity index (χ0n) is 20.3. The second-order valence-electron chi connectivity index (χ2n) is 8.82. The standard InChI is InChI=1S/C29H37NO3/c1-5-8-21-15-24(29(33,6-2)7-3)11-14-27(21)28-17-26(12-9-20(28)4)30-25-13-10-22(18-31)23(16-25)19-32/h9-17,30-33H,5-8,18-19H2,1-4H3. The Hall–Kier alpha value is -2.66. The third kappa shape index (κ3) is 5.47. The Morgan fingerprint density at radius 3 is 2.03 bits per heavy atom. The molecule has 0 aliphatic rings. The molecular formula is C29H37NO3. The number of nitrogens with one attached hydrogen (secondary N) is 1. The van der Waals surface area contributed by atoms with Crippen LogP contribution < -0.4 is 5.32 Å². The van der Waals surface area contributed by atoms with Gasteiger partial charge in [0, 0.05) is 11.4 Å². The number of hydrogen-bond acceptors (Lipinski definition) is 4. The predicted octanol–water partition coefficient (Wildman–Crippen LogP) is 6.35. The highest BCUT2D eigenvalue weighted by atomic mass is 16.3. The topological polar surface area (TPSA) is 72.7 Å². The molecule has 0 spiro atoms. The molecule has 0 fully saturated rings. The fourth-order valence-corrected chi connectivity index (χ4v) is 4.44. The lowest BCUT2D eigenvalue weighted by atomic mass is 9.84. The largest absolute Gasteiger partial charge is 0.392 e. The molecule has 4 N–H and O–H groups in total. The van der Waals surface area contributed by atoms with E-state index in [1.54, 1.807) is 0 Å². The summed E-state index contributed by atoms with van der Waals surface area (Å²) in [4.78, 5) is 0. The van der Waals surface area contributed by atoms with Crippen molar-refractivity contribution in [2.45, 2.75) is 72.2 Å². The Bertz CT molecular complexity index is 1090. The highest BCUT2D eigenvalue weighted by Gasteiger charge is 2.25. The number of anilines is 2. The minimum atomic E-state index is -0.787. The van der Waals surface area contributed by atoms with Crippen LogP contribution in [-0.2, 0) is 25.2 Å². The maximum atomic E-state index is 11.1. The maximum Gasteiger partial charge on any atom is 0.0891 e. The average molecular weight is 448 g/mol. The van der Waals surface area contributed by atoms with Crippen LogP contribution in [0.15, 0.2) is 54.6 Å². The lowest BCUT2D eigenvalue weighted by molar-refractivity contribution is 0.0283. The highest BCUT2D eigenvalue weighted by molar-refractivity contribution is 5.76. The minimum Gasteiger partial charge on any atom is -0.392 e. The maximum absolute atomic E-state index is 11.1. The number of hydrogen-bond donors (Lipinski definition) is 4. The molecule has 0 heterocycles. The summed E-state index contributed by atoms with van der Waals surface area (Å²) in [6, 6.07) is 18.4. The lowest BCUT2D eigenvalue weighted by Crippen LogP contribution is -2.23. The van der Waals surface area contributed by atoms with Crippen LogP contribution in [0, 0.1) is 6.92 Å². The van der Waals surface area contributed by atoms with Crippen molar-refractivity contribution in [2.24, 2.45) is 0 Å². The first-order valence-electron chi connectivity index (χ1n) is 12.0. The van der Waals surface area contributed by atoms with Crippen molar-refractivity contribution in [1.82, 2.24) is 0 Å². The van der Waals surface area contributed by atoms with E-state index in [1.807, 2.05) is 32.0 Å². The van der Waals surface area contributed by atoms with Gasteiger partial charge in [0.15, 0.2) is 0 Å². The van der Waals surface area contributed by atoms with E-state index >= 15 is 0 Å². The molecule has 0 unspecified atom stereocenters. The second-order valence-corrected chi connectivity index (χ2v) is 8.82. The zero-order valence-corrected chi connectivity index (χ0v) is 20.3. The summed E-state index contributed by atoms with van der Waals surface area (Å²) in [5, 5.41) is 33.5. The first kappa shape index (κ1) is 25.0. The Morgan fingerprint density at radius 1 is 0.727 bits per heavy atom. The molecule has 176 valence electrons. The Morgan fingerprint density at radius 2 is 1.39 bits per heavy atom. The second kappa shape index (κ2) is 11.0. The highest BCUT2D eigenvalue weighted by Crippen LogP contribution is 2.36. The van der Waals surface area contributed by atoms with Crippen LogP contribution in [0.25, 0.3) is 11.1 Å². The van der Waals surface area contributed by atoms with Crippen molar-refractivity contribution in [2.75, 3.05) is 5.32 Å². The summed E-state index contributed by atoms with van der Waals surface area (Å²) in [5.74, 6) is 0. The zero-order chi connectivity index (χ0) is 24.0. The molecule has 0 saturated carbocycles. The van der Waals surface area contributed by atoms with E-state index in [4.69, 9.17) is 0 Å². The van der Waals surface area contributed by atoms with Crippen molar-refractivity contribution in [1.29, 1.82) is 0 Å². The molecule has 3 aromatic carbocycles. The predicted molar refractivity (Wildman–Crippen MR) is 137 cm³/mol. The van der Waals surface area contributed by atoms with E-state index in [1.165, 1.54) is 22.3 Å². The molecular weight excluding hydrogens is 410 g/mol. The third-order valence-corrected chi connectivity index (χ3v) is 6.70. The Labute approximate surface area is 197 Å². The lowest BCUT2D eigenvalue weighted by Gasteiger charge is -2.27. The van der Waals surface area contributed by atoms with Gasteiger partial charge in [-0.05, 0) is 89.4 Å². The van der Waals surface area contributed by atoms with Gasteiger partial charge in [0.2, 0.25) is 0 Å². The fraction of sp³-hybridized carbons (Fsp3) is 0.379. The van der Waals surface area contributed by atoms with Crippen LogP contribution in [0.4, 0.5) is 11.4 Å². The van der Waals surface area contributed by atoms with Gasteiger partial charge < -0.3 is 20.6 Å². The third-order valence-electron chi connectivity index (χ3n) is 6.70. The van der Waals surface area contributed by atoms with Gasteiger partial charge in [-0.25, -0.2) is 0 Å². The van der Waals surface area contributed by atoms with E-state index in [9.17, 15) is 15.3 Å². The monoisotopic (exact) mass is 447 g/mol. The average Bonchev–Trinajstić information content (AvgIpc) is 2.85. The fourth-order valence-electron chi connectivity index (χ4n) is 4.44. The van der Waals surface area contributed by atoms with Crippen LogP contribution in [0.2, 0.25) is 0 Å². The van der Waals surface area contributed by atoms with Crippen LogP contribution in [0.5, 0.6) is 0 Å². The van der Waals surface area contributed by atoms with Crippen molar-refractivity contribution in [3.63, 3.8) is 0 Å². The molecule has 0 saturated heterocycles. The molecule has 0 atom stereocenters. The first-order valence-corrected chi connectivity index (χ1v) is 12.0. The molecule has 0 aliphatic carbocycles. The summed E-state index contributed by atoms with van der Waals surface area (Å²) in [5.41, 5.74) is 8.29. The van der Waals surface area contributed by atoms with E-state index < -0.39 is 5.60 Å². The first-order chi connectivity index (χ1) is 15.9. The van der Waals surface area contributed by atoms with Crippen molar-refractivity contribution in [3.8, 4) is 11.1 Å². The number of benzene rings is 3. The molecule has 4 heteroatoms. The molecule has 0 aliphatic heterocycles. The molecule has 0 bridgehead atoms. The van der Waals surface area contributed by atoms with Gasteiger partial charge in [0.25, 0.3) is 0 Å². The summed E-state index contributed by atoms with van der Waals surface area (Å²) in [7, 11) is 0. The van der Waals surface area contributed by atoms with Gasteiger partial charge in [0.05, 0.1) is 18.8 Å². The summed E-state index contributed by atoms with van der Waals surface area (Å²) in [6.45, 7) is 8.17. The van der Waals surface area contributed by atoms with Gasteiger partial charge in [-0.1, -0.05) is 57.5 Å². The Kier molecular flexibility index (Phi) is 8.30. The van der Waals surface area contributed by atoms with Gasteiger partial charge in [-0.2, -0.15) is 0 Å². The molecule has 0 aromatic heterocycles. The van der Waals surface area contributed by atoms with Crippen molar-refractivity contribution >= 4 is 11.4 Å². The van der Waals surface area contributed by atoms with E-state index in [2.05, 4.69) is 55.6 Å². The van der Waals surface area contributed by atoms with Crippen LogP contribution in [0.1, 0.15) is 67.9 Å². The van der Waals surface area contributed by atoms with E-state index in [0.717, 1.165) is 40.9 Å². The van der Waals surface area contributed by atoms with E-state index in [0.29, 0.717) is 12.8 Å². The summed E-state index contributed by atoms with van der Waals surface area (Å²) >= 11 is 0. The Balaban J connectivity index is 2.01. The van der Waals surface area contributed by atoms with Crippen LogP contribution in [-0.4, -0.2) is 15.3 Å². The molecule has 0 amide bonds. The molecule has 3 aromatic rings. The quantitative estimate of drug-likeness (QED) is 0.292. The molecule has 3 rings (SSSR count). The summed E-state index contributed by atoms with van der Waals surface area (Å²) in [6.07, 6.45) is 3.37.